The van der Waals surface area contributed by atoms with Gasteiger partial charge in [-0.15, -0.1) is 0 Å². The Labute approximate surface area is 178 Å². The zero-order valence-corrected chi connectivity index (χ0v) is 19.6. The van der Waals surface area contributed by atoms with E-state index in [1.807, 2.05) is 0 Å². The van der Waals surface area contributed by atoms with Crippen LogP contribution in [0, 0.1) is 28.6 Å². The zero-order valence-electron chi connectivity index (χ0n) is 19.6. The first kappa shape index (κ1) is 23.1. The Morgan fingerprint density at radius 1 is 1.28 bits per heavy atom. The Balaban J connectivity index is 1.85. The molecular formula is C25H44O4. The van der Waals surface area contributed by atoms with Crippen molar-refractivity contribution in [2.24, 2.45) is 28.6 Å². The minimum atomic E-state index is -1.06. The van der Waals surface area contributed by atoms with Crippen LogP contribution in [0.25, 0.3) is 0 Å². The fraction of sp³-hybridized carbons (Fsp3) is 0.960. The van der Waals surface area contributed by atoms with E-state index >= 15 is 0 Å². The number of carbonyl (C=O) groups is 1. The normalized spacial score (nSPS) is 41.2. The van der Waals surface area contributed by atoms with Crippen molar-refractivity contribution in [3.05, 3.63) is 0 Å². The van der Waals surface area contributed by atoms with Crippen molar-refractivity contribution in [1.29, 1.82) is 0 Å². The van der Waals surface area contributed by atoms with Gasteiger partial charge in [0.05, 0.1) is 6.10 Å². The molecular weight excluding hydrogens is 364 g/mol. The maximum Gasteiger partial charge on any atom is 0.317 e. The summed E-state index contributed by atoms with van der Waals surface area (Å²) in [6.07, 6.45) is 9.16. The fourth-order valence-electron chi connectivity index (χ4n) is 6.75. The highest BCUT2D eigenvalue weighted by Crippen LogP contribution is 2.58. The van der Waals surface area contributed by atoms with Crippen LogP contribution in [0.1, 0.15) is 106 Å². The van der Waals surface area contributed by atoms with Crippen LogP contribution in [0.5, 0.6) is 0 Å². The molecule has 168 valence electrons. The van der Waals surface area contributed by atoms with Crippen LogP contribution in [0.4, 0.5) is 0 Å². The van der Waals surface area contributed by atoms with Gasteiger partial charge in [-0.1, -0.05) is 47.0 Å². The highest BCUT2D eigenvalue weighted by molar-refractivity contribution is 5.78. The molecule has 1 heterocycles. The molecule has 1 N–H and O–H groups in total. The minimum Gasteiger partial charge on any atom is -0.459 e. The van der Waals surface area contributed by atoms with E-state index in [0.717, 1.165) is 31.6 Å². The number of carbonyl (C=O) groups excluding carboxylic acids is 1. The molecule has 7 atom stereocenters. The Morgan fingerprint density at radius 2 is 2.00 bits per heavy atom. The van der Waals surface area contributed by atoms with E-state index < -0.39 is 17.3 Å². The van der Waals surface area contributed by atoms with Gasteiger partial charge in [0.15, 0.2) is 6.29 Å². The molecule has 0 radical (unpaired) electrons. The quantitative estimate of drug-likeness (QED) is 0.537. The molecule has 1 saturated heterocycles. The number of rotatable bonds is 7. The standard InChI is InChI=1S/C25H44O4/c1-7-17(3)14-25(16-20(8-2)28-21(25)26)22(27)29-23(5,6)24-11-9-10-19(15-24)12-18(4)13-24/h17-21,26H,7-16H2,1-6H3. The van der Waals surface area contributed by atoms with Crippen molar-refractivity contribution in [3.63, 3.8) is 0 Å². The van der Waals surface area contributed by atoms with Gasteiger partial charge in [-0.25, -0.2) is 0 Å². The van der Waals surface area contributed by atoms with Gasteiger partial charge in [-0.2, -0.15) is 0 Å². The number of esters is 1. The SMILES string of the molecule is CCC(C)CC1(C(=O)OC(C)(C)C23CCCC(CC(C)C2)C3)CC(CC)OC1O. The molecule has 7 unspecified atom stereocenters. The molecule has 29 heavy (non-hydrogen) atoms. The lowest BCUT2D eigenvalue weighted by Gasteiger charge is -2.55. The summed E-state index contributed by atoms with van der Waals surface area (Å²) >= 11 is 0. The van der Waals surface area contributed by atoms with E-state index in [9.17, 15) is 9.90 Å². The molecule has 3 fully saturated rings. The second-order valence-electron chi connectivity index (χ2n) is 11.3. The highest BCUT2D eigenvalue weighted by atomic mass is 16.6. The summed E-state index contributed by atoms with van der Waals surface area (Å²) in [5, 5.41) is 10.9. The number of ether oxygens (including phenoxy) is 2. The van der Waals surface area contributed by atoms with Gasteiger partial charge in [0.1, 0.15) is 11.0 Å². The van der Waals surface area contributed by atoms with E-state index in [1.165, 1.54) is 25.7 Å². The van der Waals surface area contributed by atoms with Gasteiger partial charge in [0, 0.05) is 5.41 Å². The Hall–Kier alpha value is -0.610. The van der Waals surface area contributed by atoms with E-state index in [1.54, 1.807) is 0 Å². The van der Waals surface area contributed by atoms with E-state index in [0.29, 0.717) is 24.7 Å². The molecule has 4 heteroatoms. The van der Waals surface area contributed by atoms with Crippen molar-refractivity contribution in [1.82, 2.24) is 0 Å². The number of aliphatic hydroxyl groups is 1. The number of hydrogen-bond acceptors (Lipinski definition) is 4. The number of aliphatic hydroxyl groups excluding tert-OH is 1. The summed E-state index contributed by atoms with van der Waals surface area (Å²) in [5.74, 6) is 1.56. The second kappa shape index (κ2) is 8.49. The predicted molar refractivity (Wildman–Crippen MR) is 115 cm³/mol. The number of hydrogen-bond donors (Lipinski definition) is 1. The molecule has 2 bridgehead atoms. The molecule has 3 rings (SSSR count). The summed E-state index contributed by atoms with van der Waals surface area (Å²) < 4.78 is 12.2. The van der Waals surface area contributed by atoms with Crippen LogP contribution in [0.15, 0.2) is 0 Å². The van der Waals surface area contributed by atoms with Crippen molar-refractivity contribution >= 4 is 5.97 Å². The summed E-state index contributed by atoms with van der Waals surface area (Å²) in [5.41, 5.74) is -1.39. The molecule has 4 nitrogen and oxygen atoms in total. The first-order valence-corrected chi connectivity index (χ1v) is 12.1. The third-order valence-electron chi connectivity index (χ3n) is 8.70. The lowest BCUT2D eigenvalue weighted by atomic mass is 9.53. The minimum absolute atomic E-state index is 0.0649. The van der Waals surface area contributed by atoms with Crippen LogP contribution >= 0.6 is 0 Å². The predicted octanol–water partition coefficient (Wildman–Crippen LogP) is 5.85. The first-order chi connectivity index (χ1) is 13.6. The molecule has 2 aliphatic carbocycles. The van der Waals surface area contributed by atoms with Crippen LogP contribution in [0.2, 0.25) is 0 Å². The smallest absolute Gasteiger partial charge is 0.317 e. The highest BCUT2D eigenvalue weighted by Gasteiger charge is 2.58. The first-order valence-electron chi connectivity index (χ1n) is 12.1. The lowest BCUT2D eigenvalue weighted by molar-refractivity contribution is -0.211. The van der Waals surface area contributed by atoms with E-state index in [2.05, 4.69) is 41.5 Å². The molecule has 3 aliphatic rings. The molecule has 2 saturated carbocycles. The molecule has 0 aromatic heterocycles. The average Bonchev–Trinajstić information content (AvgIpc) is 2.97. The Morgan fingerprint density at radius 3 is 2.62 bits per heavy atom. The summed E-state index contributed by atoms with van der Waals surface area (Å²) in [4.78, 5) is 13.7. The fourth-order valence-corrected chi connectivity index (χ4v) is 6.75. The number of fused-ring (bicyclic) bond motifs is 2. The molecule has 0 spiro atoms. The summed E-state index contributed by atoms with van der Waals surface area (Å²) in [6.45, 7) is 13.0. The Bertz CT molecular complexity index is 583. The van der Waals surface area contributed by atoms with E-state index in [4.69, 9.17) is 9.47 Å². The van der Waals surface area contributed by atoms with Crippen molar-refractivity contribution in [2.45, 2.75) is 124 Å². The van der Waals surface area contributed by atoms with Crippen LogP contribution < -0.4 is 0 Å². The van der Waals surface area contributed by atoms with Gasteiger partial charge in [0.25, 0.3) is 0 Å². The van der Waals surface area contributed by atoms with Crippen molar-refractivity contribution < 1.29 is 19.4 Å². The molecule has 1 aliphatic heterocycles. The van der Waals surface area contributed by atoms with Crippen LogP contribution in [-0.4, -0.2) is 29.1 Å². The second-order valence-corrected chi connectivity index (χ2v) is 11.3. The lowest BCUT2D eigenvalue weighted by Crippen LogP contribution is -2.55. The summed E-state index contributed by atoms with van der Waals surface area (Å²) in [7, 11) is 0. The van der Waals surface area contributed by atoms with Crippen molar-refractivity contribution in [3.8, 4) is 0 Å². The maximum atomic E-state index is 13.7. The largest absolute Gasteiger partial charge is 0.459 e. The van der Waals surface area contributed by atoms with Gasteiger partial charge in [0.2, 0.25) is 0 Å². The monoisotopic (exact) mass is 408 g/mol. The third kappa shape index (κ3) is 4.26. The van der Waals surface area contributed by atoms with Crippen LogP contribution in [-0.2, 0) is 14.3 Å². The molecule has 0 aromatic carbocycles. The topological polar surface area (TPSA) is 55.8 Å². The van der Waals surface area contributed by atoms with Gasteiger partial charge in [-0.05, 0) is 76.5 Å². The molecule has 0 amide bonds. The van der Waals surface area contributed by atoms with Gasteiger partial charge in [-0.3, -0.25) is 4.79 Å². The third-order valence-corrected chi connectivity index (χ3v) is 8.70. The van der Waals surface area contributed by atoms with Gasteiger partial charge >= 0.3 is 5.97 Å². The Kier molecular flexibility index (Phi) is 6.75. The van der Waals surface area contributed by atoms with Gasteiger partial charge < -0.3 is 14.6 Å². The maximum absolute atomic E-state index is 13.7. The molecule has 0 aromatic rings. The van der Waals surface area contributed by atoms with E-state index in [-0.39, 0.29) is 17.5 Å². The zero-order chi connectivity index (χ0) is 21.4. The van der Waals surface area contributed by atoms with Crippen molar-refractivity contribution in [2.75, 3.05) is 0 Å². The summed E-state index contributed by atoms with van der Waals surface area (Å²) in [6, 6.07) is 0. The van der Waals surface area contributed by atoms with Crippen LogP contribution in [0.3, 0.4) is 0 Å². The average molecular weight is 409 g/mol.